The predicted octanol–water partition coefficient (Wildman–Crippen LogP) is 1.25. The van der Waals surface area contributed by atoms with Gasteiger partial charge in [-0.05, 0) is 17.7 Å². The van der Waals surface area contributed by atoms with Crippen molar-refractivity contribution in [2.24, 2.45) is 0 Å². The summed E-state index contributed by atoms with van der Waals surface area (Å²) in [5.41, 5.74) is 1.56. The van der Waals surface area contributed by atoms with Crippen LogP contribution in [0.5, 0.6) is 0 Å². The number of anilines is 1. The Morgan fingerprint density at radius 2 is 1.91 bits per heavy atom. The summed E-state index contributed by atoms with van der Waals surface area (Å²) in [6, 6.07) is 7.02. The van der Waals surface area contributed by atoms with Crippen molar-refractivity contribution in [2.75, 3.05) is 5.32 Å². The molecule has 0 fully saturated rings. The quantitative estimate of drug-likeness (QED) is 0.492. The van der Waals surface area contributed by atoms with E-state index in [1.807, 2.05) is 0 Å². The minimum atomic E-state index is 0.624. The molecular formula is C8H8N2O. The van der Waals surface area contributed by atoms with E-state index < -0.39 is 0 Å². The number of amides is 1. The zero-order valence-corrected chi connectivity index (χ0v) is 5.87. The molecule has 3 nitrogen and oxygen atoms in total. The van der Waals surface area contributed by atoms with Gasteiger partial charge in [-0.2, -0.15) is 0 Å². The fourth-order valence-corrected chi connectivity index (χ4v) is 0.744. The predicted molar refractivity (Wildman–Crippen MR) is 44.0 cm³/mol. The van der Waals surface area contributed by atoms with Crippen LogP contribution in [-0.4, -0.2) is 12.6 Å². The second-order valence-corrected chi connectivity index (χ2v) is 2.03. The third-order valence-corrected chi connectivity index (χ3v) is 1.30. The van der Waals surface area contributed by atoms with E-state index in [4.69, 9.17) is 5.41 Å². The van der Waals surface area contributed by atoms with Crippen LogP contribution in [0.4, 0.5) is 5.69 Å². The van der Waals surface area contributed by atoms with E-state index in [-0.39, 0.29) is 0 Å². The van der Waals surface area contributed by atoms with Gasteiger partial charge in [0.1, 0.15) is 0 Å². The normalized spacial score (nSPS) is 8.73. The molecular weight excluding hydrogens is 140 g/mol. The van der Waals surface area contributed by atoms with Gasteiger partial charge in [-0.15, -0.1) is 0 Å². The zero-order valence-electron chi connectivity index (χ0n) is 5.87. The first-order valence-electron chi connectivity index (χ1n) is 3.17. The largest absolute Gasteiger partial charge is 0.329 e. The van der Waals surface area contributed by atoms with Crippen LogP contribution in [-0.2, 0) is 4.79 Å². The van der Waals surface area contributed by atoms with Crippen molar-refractivity contribution in [2.45, 2.75) is 0 Å². The minimum absolute atomic E-state index is 0.624. The molecule has 0 bridgehead atoms. The van der Waals surface area contributed by atoms with E-state index in [2.05, 4.69) is 5.32 Å². The molecule has 0 atom stereocenters. The van der Waals surface area contributed by atoms with E-state index in [0.717, 1.165) is 11.3 Å². The van der Waals surface area contributed by atoms with Gasteiger partial charge in [0.2, 0.25) is 6.41 Å². The molecule has 0 heterocycles. The SMILES string of the molecule is N=Cc1ccc(NC=O)cc1. The lowest BCUT2D eigenvalue weighted by molar-refractivity contribution is -0.105. The van der Waals surface area contributed by atoms with Crippen molar-refractivity contribution in [3.05, 3.63) is 29.8 Å². The number of hydrogen-bond acceptors (Lipinski definition) is 2. The van der Waals surface area contributed by atoms with Crippen LogP contribution in [0.2, 0.25) is 0 Å². The van der Waals surface area contributed by atoms with Crippen molar-refractivity contribution in [1.29, 1.82) is 5.41 Å². The molecule has 0 unspecified atom stereocenters. The van der Waals surface area contributed by atoms with Gasteiger partial charge in [0.15, 0.2) is 0 Å². The van der Waals surface area contributed by atoms with Gasteiger partial charge in [0.25, 0.3) is 0 Å². The van der Waals surface area contributed by atoms with E-state index in [0.29, 0.717) is 6.41 Å². The van der Waals surface area contributed by atoms with Gasteiger partial charge in [-0.1, -0.05) is 12.1 Å². The lowest BCUT2D eigenvalue weighted by Crippen LogP contribution is -1.92. The Morgan fingerprint density at radius 1 is 1.27 bits per heavy atom. The lowest BCUT2D eigenvalue weighted by Gasteiger charge is -1.96. The highest BCUT2D eigenvalue weighted by Gasteiger charge is 1.88. The van der Waals surface area contributed by atoms with Gasteiger partial charge >= 0.3 is 0 Å². The Balaban J connectivity index is 2.81. The molecule has 11 heavy (non-hydrogen) atoms. The third-order valence-electron chi connectivity index (χ3n) is 1.30. The van der Waals surface area contributed by atoms with E-state index >= 15 is 0 Å². The van der Waals surface area contributed by atoms with Crippen LogP contribution in [0.25, 0.3) is 0 Å². The van der Waals surface area contributed by atoms with Gasteiger partial charge in [0, 0.05) is 11.9 Å². The Hall–Kier alpha value is -1.64. The second kappa shape index (κ2) is 3.51. The minimum Gasteiger partial charge on any atom is -0.329 e. The molecule has 0 aromatic heterocycles. The van der Waals surface area contributed by atoms with Crippen molar-refractivity contribution in [3.63, 3.8) is 0 Å². The Labute approximate surface area is 64.6 Å². The molecule has 1 aromatic rings. The first kappa shape index (κ1) is 7.47. The molecule has 0 aliphatic rings. The standard InChI is InChI=1S/C8H8N2O/c9-5-7-1-3-8(4-2-7)10-6-11/h1-6,9H,(H,10,11). The smallest absolute Gasteiger partial charge is 0.211 e. The number of rotatable bonds is 3. The van der Waals surface area contributed by atoms with Crippen molar-refractivity contribution in [1.82, 2.24) is 0 Å². The highest BCUT2D eigenvalue weighted by atomic mass is 16.1. The van der Waals surface area contributed by atoms with Crippen LogP contribution in [0, 0.1) is 5.41 Å². The van der Waals surface area contributed by atoms with Crippen LogP contribution < -0.4 is 5.32 Å². The molecule has 0 aliphatic carbocycles. The molecule has 2 N–H and O–H groups in total. The highest BCUT2D eigenvalue weighted by molar-refractivity contribution is 5.79. The molecule has 1 amide bonds. The number of carbonyl (C=O) groups is 1. The number of carbonyl (C=O) groups excluding carboxylic acids is 1. The third kappa shape index (κ3) is 1.89. The molecule has 1 rings (SSSR count). The summed E-state index contributed by atoms with van der Waals surface area (Å²) < 4.78 is 0. The summed E-state index contributed by atoms with van der Waals surface area (Å²) in [5.74, 6) is 0. The number of nitrogens with one attached hydrogen (secondary N) is 2. The monoisotopic (exact) mass is 148 g/mol. The average molecular weight is 148 g/mol. The molecule has 1 aromatic carbocycles. The first-order chi connectivity index (χ1) is 5.36. The van der Waals surface area contributed by atoms with Crippen LogP contribution in [0.15, 0.2) is 24.3 Å². The summed E-state index contributed by atoms with van der Waals surface area (Å²) in [5, 5.41) is 9.40. The summed E-state index contributed by atoms with van der Waals surface area (Å²) >= 11 is 0. The Bertz CT molecular complexity index is 253. The summed E-state index contributed by atoms with van der Waals surface area (Å²) in [6.45, 7) is 0. The van der Waals surface area contributed by atoms with E-state index in [1.54, 1.807) is 24.3 Å². The van der Waals surface area contributed by atoms with Crippen molar-refractivity contribution < 1.29 is 4.79 Å². The molecule has 0 spiro atoms. The Kier molecular flexibility index (Phi) is 2.38. The van der Waals surface area contributed by atoms with Gasteiger partial charge in [-0.3, -0.25) is 4.79 Å². The summed E-state index contributed by atoms with van der Waals surface area (Å²) in [7, 11) is 0. The molecule has 0 saturated heterocycles. The number of benzene rings is 1. The highest BCUT2D eigenvalue weighted by Crippen LogP contribution is 2.06. The molecule has 0 radical (unpaired) electrons. The average Bonchev–Trinajstić information content (AvgIpc) is 2.07. The molecule has 0 saturated carbocycles. The Morgan fingerprint density at radius 3 is 2.36 bits per heavy atom. The maximum Gasteiger partial charge on any atom is 0.211 e. The van der Waals surface area contributed by atoms with Crippen LogP contribution in [0.1, 0.15) is 5.56 Å². The van der Waals surface area contributed by atoms with Gasteiger partial charge in [-0.25, -0.2) is 0 Å². The fraction of sp³-hybridized carbons (Fsp3) is 0. The molecule has 56 valence electrons. The molecule has 3 heteroatoms. The zero-order chi connectivity index (χ0) is 8.10. The summed E-state index contributed by atoms with van der Waals surface area (Å²) in [4.78, 5) is 9.97. The topological polar surface area (TPSA) is 53.0 Å². The van der Waals surface area contributed by atoms with Gasteiger partial charge in [0.05, 0.1) is 0 Å². The summed E-state index contributed by atoms with van der Waals surface area (Å²) in [6.07, 6.45) is 1.88. The van der Waals surface area contributed by atoms with E-state index in [1.165, 1.54) is 6.21 Å². The maximum absolute atomic E-state index is 9.97. The first-order valence-corrected chi connectivity index (χ1v) is 3.17. The van der Waals surface area contributed by atoms with Crippen LogP contribution in [0.3, 0.4) is 0 Å². The maximum atomic E-state index is 9.97. The van der Waals surface area contributed by atoms with Gasteiger partial charge < -0.3 is 10.7 Å². The van der Waals surface area contributed by atoms with Crippen LogP contribution >= 0.6 is 0 Å². The fourth-order valence-electron chi connectivity index (χ4n) is 0.744. The number of hydrogen-bond donors (Lipinski definition) is 2. The lowest BCUT2D eigenvalue weighted by atomic mass is 10.2. The second-order valence-electron chi connectivity index (χ2n) is 2.03. The van der Waals surface area contributed by atoms with Crippen molar-refractivity contribution >= 4 is 18.3 Å². The van der Waals surface area contributed by atoms with E-state index in [9.17, 15) is 4.79 Å². The molecule has 0 aliphatic heterocycles. The van der Waals surface area contributed by atoms with Crippen molar-refractivity contribution in [3.8, 4) is 0 Å².